The Kier molecular flexibility index (Phi) is 5.46. The van der Waals surface area contributed by atoms with Gasteiger partial charge in [-0.1, -0.05) is 18.2 Å². The van der Waals surface area contributed by atoms with E-state index >= 15 is 0 Å². The van der Waals surface area contributed by atoms with E-state index in [-0.39, 0.29) is 11.9 Å². The molecule has 0 bridgehead atoms. The van der Waals surface area contributed by atoms with Gasteiger partial charge in [-0.25, -0.2) is 8.42 Å². The first kappa shape index (κ1) is 17.8. The fourth-order valence-corrected chi connectivity index (χ4v) is 2.85. The number of ether oxygens (including phenoxy) is 1. The van der Waals surface area contributed by atoms with E-state index in [4.69, 9.17) is 4.74 Å². The minimum absolute atomic E-state index is 0.234. The van der Waals surface area contributed by atoms with Gasteiger partial charge in [0, 0.05) is 16.8 Å². The van der Waals surface area contributed by atoms with Crippen LogP contribution in [0.3, 0.4) is 0 Å². The van der Waals surface area contributed by atoms with Gasteiger partial charge in [-0.05, 0) is 37.3 Å². The van der Waals surface area contributed by atoms with Crippen LogP contribution < -0.4 is 14.8 Å². The molecule has 0 heterocycles. The standard InChI is InChI=1S/C17H20N2O4S/c1-12(15-6-4-5-7-16(15)23-2)18-17(20)13-8-10-14(11-9-13)19-24(3,21)22/h4-12,19H,1-3H3,(H,18,20). The number of para-hydroxylation sites is 1. The molecular formula is C17H20N2O4S. The lowest BCUT2D eigenvalue weighted by Crippen LogP contribution is -2.26. The van der Waals surface area contributed by atoms with Gasteiger partial charge in [0.1, 0.15) is 5.75 Å². The molecule has 6 nitrogen and oxygen atoms in total. The summed E-state index contributed by atoms with van der Waals surface area (Å²) >= 11 is 0. The molecule has 0 aliphatic carbocycles. The molecule has 1 atom stereocenters. The second-order valence-electron chi connectivity index (χ2n) is 5.39. The van der Waals surface area contributed by atoms with Crippen molar-refractivity contribution in [3.05, 3.63) is 59.7 Å². The van der Waals surface area contributed by atoms with Gasteiger partial charge >= 0.3 is 0 Å². The highest BCUT2D eigenvalue weighted by atomic mass is 32.2. The lowest BCUT2D eigenvalue weighted by Gasteiger charge is -2.17. The Morgan fingerprint density at radius 2 is 1.71 bits per heavy atom. The molecule has 2 aromatic rings. The van der Waals surface area contributed by atoms with Crippen molar-refractivity contribution >= 4 is 21.6 Å². The summed E-state index contributed by atoms with van der Waals surface area (Å²) in [5.41, 5.74) is 1.73. The van der Waals surface area contributed by atoms with Gasteiger partial charge in [-0.15, -0.1) is 0 Å². The highest BCUT2D eigenvalue weighted by Crippen LogP contribution is 2.24. The van der Waals surface area contributed by atoms with Crippen LogP contribution in [0.15, 0.2) is 48.5 Å². The predicted octanol–water partition coefficient (Wildman–Crippen LogP) is 2.56. The van der Waals surface area contributed by atoms with Gasteiger partial charge in [0.2, 0.25) is 10.0 Å². The average molecular weight is 348 g/mol. The SMILES string of the molecule is COc1ccccc1C(C)NC(=O)c1ccc(NS(C)(=O)=O)cc1. The second kappa shape index (κ2) is 7.35. The first-order valence-electron chi connectivity index (χ1n) is 7.32. The number of anilines is 1. The summed E-state index contributed by atoms with van der Waals surface area (Å²) in [5.74, 6) is 0.456. The van der Waals surface area contributed by atoms with Crippen LogP contribution in [0.1, 0.15) is 28.9 Å². The Balaban J connectivity index is 2.09. The van der Waals surface area contributed by atoms with Crippen LogP contribution in [0.2, 0.25) is 0 Å². The Labute approximate surface area is 141 Å². The first-order chi connectivity index (χ1) is 11.3. The third-order valence-corrected chi connectivity index (χ3v) is 4.01. The van der Waals surface area contributed by atoms with E-state index in [2.05, 4.69) is 10.0 Å². The summed E-state index contributed by atoms with van der Waals surface area (Å²) in [5, 5.41) is 2.90. The lowest BCUT2D eigenvalue weighted by atomic mass is 10.1. The van der Waals surface area contributed by atoms with Crippen molar-refractivity contribution in [2.75, 3.05) is 18.1 Å². The van der Waals surface area contributed by atoms with Crippen LogP contribution in [-0.2, 0) is 10.0 Å². The van der Waals surface area contributed by atoms with E-state index < -0.39 is 10.0 Å². The van der Waals surface area contributed by atoms with Gasteiger partial charge in [-0.2, -0.15) is 0 Å². The predicted molar refractivity (Wildman–Crippen MR) is 93.8 cm³/mol. The monoisotopic (exact) mass is 348 g/mol. The number of carbonyl (C=O) groups excluding carboxylic acids is 1. The van der Waals surface area contributed by atoms with Gasteiger partial charge in [-0.3, -0.25) is 9.52 Å². The van der Waals surface area contributed by atoms with Crippen molar-refractivity contribution in [2.45, 2.75) is 13.0 Å². The quantitative estimate of drug-likeness (QED) is 0.840. The maximum absolute atomic E-state index is 12.3. The summed E-state index contributed by atoms with van der Waals surface area (Å²) in [6.07, 6.45) is 1.07. The van der Waals surface area contributed by atoms with E-state index in [1.165, 1.54) is 0 Å². The Bertz CT molecular complexity index is 817. The average Bonchev–Trinajstić information content (AvgIpc) is 2.53. The number of methoxy groups -OCH3 is 1. The van der Waals surface area contributed by atoms with E-state index in [0.717, 1.165) is 11.8 Å². The Morgan fingerprint density at radius 1 is 1.08 bits per heavy atom. The van der Waals surface area contributed by atoms with Crippen LogP contribution in [0.4, 0.5) is 5.69 Å². The van der Waals surface area contributed by atoms with Crippen molar-refractivity contribution in [3.63, 3.8) is 0 Å². The number of carbonyl (C=O) groups is 1. The second-order valence-corrected chi connectivity index (χ2v) is 7.14. The van der Waals surface area contributed by atoms with Gasteiger partial charge in [0.15, 0.2) is 0 Å². The fourth-order valence-electron chi connectivity index (χ4n) is 2.29. The summed E-state index contributed by atoms with van der Waals surface area (Å²) in [6.45, 7) is 1.87. The maximum atomic E-state index is 12.3. The molecule has 2 rings (SSSR count). The van der Waals surface area contributed by atoms with Crippen molar-refractivity contribution < 1.29 is 17.9 Å². The summed E-state index contributed by atoms with van der Waals surface area (Å²) in [4.78, 5) is 12.3. The number of nitrogens with one attached hydrogen (secondary N) is 2. The zero-order valence-electron chi connectivity index (χ0n) is 13.7. The van der Waals surface area contributed by atoms with Crippen LogP contribution in [0.25, 0.3) is 0 Å². The summed E-state index contributed by atoms with van der Waals surface area (Å²) in [7, 11) is -1.75. The molecule has 0 aliphatic heterocycles. The molecule has 0 spiro atoms. The summed E-state index contributed by atoms with van der Waals surface area (Å²) < 4.78 is 30.0. The number of sulfonamides is 1. The van der Waals surface area contributed by atoms with Crippen molar-refractivity contribution in [1.82, 2.24) is 5.32 Å². The van der Waals surface area contributed by atoms with E-state index in [9.17, 15) is 13.2 Å². The fraction of sp³-hybridized carbons (Fsp3) is 0.235. The van der Waals surface area contributed by atoms with E-state index in [0.29, 0.717) is 17.0 Å². The topological polar surface area (TPSA) is 84.5 Å². The number of benzene rings is 2. The number of rotatable bonds is 6. The highest BCUT2D eigenvalue weighted by Gasteiger charge is 2.15. The molecule has 1 amide bonds. The third kappa shape index (κ3) is 4.73. The molecule has 24 heavy (non-hydrogen) atoms. The van der Waals surface area contributed by atoms with Gasteiger partial charge < -0.3 is 10.1 Å². The molecule has 0 fully saturated rings. The Hall–Kier alpha value is -2.54. The first-order valence-corrected chi connectivity index (χ1v) is 9.21. The van der Waals surface area contributed by atoms with Crippen LogP contribution in [0, 0.1) is 0 Å². The van der Waals surface area contributed by atoms with E-state index in [1.54, 1.807) is 31.4 Å². The van der Waals surface area contributed by atoms with Crippen LogP contribution in [0.5, 0.6) is 5.75 Å². The molecule has 0 aliphatic rings. The number of hydrogen-bond donors (Lipinski definition) is 2. The third-order valence-electron chi connectivity index (χ3n) is 3.40. The minimum Gasteiger partial charge on any atom is -0.496 e. The zero-order valence-corrected chi connectivity index (χ0v) is 14.6. The molecule has 2 N–H and O–H groups in total. The largest absolute Gasteiger partial charge is 0.496 e. The normalized spacial score (nSPS) is 12.3. The molecule has 0 aromatic heterocycles. The van der Waals surface area contributed by atoms with Gasteiger partial charge in [0.25, 0.3) is 5.91 Å². The molecule has 0 saturated heterocycles. The lowest BCUT2D eigenvalue weighted by molar-refractivity contribution is 0.0939. The highest BCUT2D eigenvalue weighted by molar-refractivity contribution is 7.92. The van der Waals surface area contributed by atoms with Crippen LogP contribution >= 0.6 is 0 Å². The van der Waals surface area contributed by atoms with Crippen molar-refractivity contribution in [2.24, 2.45) is 0 Å². The maximum Gasteiger partial charge on any atom is 0.251 e. The number of hydrogen-bond acceptors (Lipinski definition) is 4. The molecule has 128 valence electrons. The molecule has 0 radical (unpaired) electrons. The Morgan fingerprint density at radius 3 is 2.29 bits per heavy atom. The summed E-state index contributed by atoms with van der Waals surface area (Å²) in [6, 6.07) is 13.5. The number of amides is 1. The minimum atomic E-state index is -3.34. The molecular weight excluding hydrogens is 328 g/mol. The zero-order chi connectivity index (χ0) is 17.7. The van der Waals surface area contributed by atoms with Crippen molar-refractivity contribution in [1.29, 1.82) is 0 Å². The van der Waals surface area contributed by atoms with E-state index in [1.807, 2.05) is 31.2 Å². The van der Waals surface area contributed by atoms with Crippen molar-refractivity contribution in [3.8, 4) is 5.75 Å². The molecule has 2 aromatic carbocycles. The molecule has 7 heteroatoms. The molecule has 0 saturated carbocycles. The van der Waals surface area contributed by atoms with Crippen LogP contribution in [-0.4, -0.2) is 27.7 Å². The smallest absolute Gasteiger partial charge is 0.251 e. The molecule has 1 unspecified atom stereocenters. The van der Waals surface area contributed by atoms with Gasteiger partial charge in [0.05, 0.1) is 19.4 Å².